The number of benzene rings is 1. The van der Waals surface area contributed by atoms with Crippen LogP contribution in [0.2, 0.25) is 0 Å². The van der Waals surface area contributed by atoms with Crippen LogP contribution in [0.5, 0.6) is 11.6 Å². The normalized spacial score (nSPS) is 11.2. The Morgan fingerprint density at radius 2 is 2.00 bits per heavy atom. The second-order valence-corrected chi connectivity index (χ2v) is 6.75. The van der Waals surface area contributed by atoms with Gasteiger partial charge in [0.05, 0.1) is 12.7 Å². The molecule has 0 saturated carbocycles. The van der Waals surface area contributed by atoms with Gasteiger partial charge in [0.25, 0.3) is 11.5 Å². The summed E-state index contributed by atoms with van der Waals surface area (Å²) in [6.07, 6.45) is -3.03. The third-order valence-corrected chi connectivity index (χ3v) is 4.55. The van der Waals surface area contributed by atoms with Crippen molar-refractivity contribution in [3.8, 4) is 11.6 Å². The number of alkyl halides is 3. The van der Waals surface area contributed by atoms with Crippen molar-refractivity contribution in [3.63, 3.8) is 0 Å². The van der Waals surface area contributed by atoms with E-state index >= 15 is 0 Å². The number of halogens is 3. The lowest BCUT2D eigenvalue weighted by Crippen LogP contribution is -2.29. The lowest BCUT2D eigenvalue weighted by atomic mass is 10.0. The fraction of sp³-hybridized carbons (Fsp3) is 0.238. The Bertz CT molecular complexity index is 1180. The van der Waals surface area contributed by atoms with Gasteiger partial charge in [0.2, 0.25) is 11.6 Å². The van der Waals surface area contributed by atoms with Gasteiger partial charge in [0.1, 0.15) is 5.82 Å². The standard InChI is InChI=1S/C21H19F3N4O4/c1-32-16-10-12(6-8-25-16)7-9-26-19(30)17-18(29)20(31)28-15(27-17)11-13-4-2-3-5-14(13)21(22,23)24/h2-6,8,10,29H,7,9,11H2,1H3,(H,26,30)(H,27,28,31). The van der Waals surface area contributed by atoms with Crippen LogP contribution < -0.4 is 15.6 Å². The Balaban J connectivity index is 1.77. The SMILES string of the molecule is COc1cc(CCNC(=O)c2nc(Cc3ccccc3C(F)(F)F)[nH]c(=O)c2O)ccn1. The van der Waals surface area contributed by atoms with Crippen LogP contribution in [0.3, 0.4) is 0 Å². The molecule has 2 heterocycles. The fourth-order valence-corrected chi connectivity index (χ4v) is 3.01. The maximum atomic E-state index is 13.2. The van der Waals surface area contributed by atoms with Crippen LogP contribution in [0.25, 0.3) is 0 Å². The molecule has 0 spiro atoms. The summed E-state index contributed by atoms with van der Waals surface area (Å²) in [5.41, 5.74) is -1.78. The van der Waals surface area contributed by atoms with Crippen molar-refractivity contribution < 1.29 is 27.8 Å². The maximum Gasteiger partial charge on any atom is 0.416 e. The molecule has 168 valence electrons. The summed E-state index contributed by atoms with van der Waals surface area (Å²) in [7, 11) is 1.47. The first-order valence-corrected chi connectivity index (χ1v) is 9.43. The number of carbonyl (C=O) groups is 1. The first kappa shape index (κ1) is 22.8. The molecule has 0 bridgehead atoms. The number of carbonyl (C=O) groups excluding carboxylic acids is 1. The zero-order chi connectivity index (χ0) is 23.3. The number of methoxy groups -OCH3 is 1. The van der Waals surface area contributed by atoms with E-state index < -0.39 is 34.6 Å². The monoisotopic (exact) mass is 448 g/mol. The van der Waals surface area contributed by atoms with Gasteiger partial charge in [-0.1, -0.05) is 18.2 Å². The molecule has 0 aliphatic carbocycles. The molecule has 1 aromatic carbocycles. The van der Waals surface area contributed by atoms with Gasteiger partial charge < -0.3 is 20.1 Å². The van der Waals surface area contributed by atoms with Crippen molar-refractivity contribution in [2.75, 3.05) is 13.7 Å². The van der Waals surface area contributed by atoms with Crippen LogP contribution in [0.1, 0.15) is 33.0 Å². The molecular formula is C21H19F3N4O4. The Labute approximate surface area is 180 Å². The summed E-state index contributed by atoms with van der Waals surface area (Å²) in [6, 6.07) is 8.24. The smallest absolute Gasteiger partial charge is 0.416 e. The molecule has 0 aliphatic rings. The number of hydrogen-bond acceptors (Lipinski definition) is 6. The summed E-state index contributed by atoms with van der Waals surface area (Å²) in [6.45, 7) is 0.145. The molecule has 0 radical (unpaired) electrons. The second-order valence-electron chi connectivity index (χ2n) is 6.75. The van der Waals surface area contributed by atoms with E-state index in [1.807, 2.05) is 0 Å². The van der Waals surface area contributed by atoms with E-state index in [1.54, 1.807) is 18.3 Å². The predicted octanol–water partition coefficient (Wildman–Crippen LogP) is 2.46. The van der Waals surface area contributed by atoms with E-state index in [9.17, 15) is 27.9 Å². The van der Waals surface area contributed by atoms with Crippen LogP contribution in [-0.2, 0) is 19.0 Å². The molecular weight excluding hydrogens is 429 g/mol. The highest BCUT2D eigenvalue weighted by atomic mass is 19.4. The molecule has 32 heavy (non-hydrogen) atoms. The number of nitrogens with zero attached hydrogens (tertiary/aromatic N) is 2. The molecule has 0 fully saturated rings. The van der Waals surface area contributed by atoms with Gasteiger partial charge in [0, 0.05) is 25.2 Å². The molecule has 0 unspecified atom stereocenters. The van der Waals surface area contributed by atoms with E-state index in [1.165, 1.54) is 25.3 Å². The number of hydrogen-bond donors (Lipinski definition) is 3. The number of H-pyrrole nitrogens is 1. The van der Waals surface area contributed by atoms with Crippen LogP contribution in [-0.4, -0.2) is 39.6 Å². The summed E-state index contributed by atoms with van der Waals surface area (Å²) >= 11 is 0. The van der Waals surface area contributed by atoms with Crippen LogP contribution in [0.15, 0.2) is 47.4 Å². The molecule has 11 heteroatoms. The van der Waals surface area contributed by atoms with E-state index in [4.69, 9.17) is 4.74 Å². The van der Waals surface area contributed by atoms with Crippen LogP contribution in [0.4, 0.5) is 13.2 Å². The topological polar surface area (TPSA) is 117 Å². The number of aromatic amines is 1. The van der Waals surface area contributed by atoms with Crippen molar-refractivity contribution in [2.45, 2.75) is 19.0 Å². The third-order valence-electron chi connectivity index (χ3n) is 4.55. The molecule has 3 rings (SSSR count). The van der Waals surface area contributed by atoms with E-state index in [0.717, 1.165) is 11.6 Å². The van der Waals surface area contributed by atoms with Crippen LogP contribution in [0, 0.1) is 0 Å². The van der Waals surface area contributed by atoms with Gasteiger partial charge in [-0.2, -0.15) is 13.2 Å². The zero-order valence-electron chi connectivity index (χ0n) is 16.9. The minimum atomic E-state index is -4.59. The van der Waals surface area contributed by atoms with Crippen molar-refractivity contribution in [1.29, 1.82) is 0 Å². The first-order chi connectivity index (χ1) is 15.2. The molecule has 3 aromatic rings. The quantitative estimate of drug-likeness (QED) is 0.511. The lowest BCUT2D eigenvalue weighted by Gasteiger charge is -2.13. The average Bonchev–Trinajstić information content (AvgIpc) is 2.76. The number of aromatic hydroxyl groups is 1. The predicted molar refractivity (Wildman–Crippen MR) is 108 cm³/mol. The van der Waals surface area contributed by atoms with Crippen molar-refractivity contribution >= 4 is 5.91 Å². The van der Waals surface area contributed by atoms with Gasteiger partial charge in [-0.3, -0.25) is 9.59 Å². The molecule has 2 aromatic heterocycles. The van der Waals surface area contributed by atoms with Crippen molar-refractivity contribution in [1.82, 2.24) is 20.3 Å². The summed E-state index contributed by atoms with van der Waals surface area (Å²) in [5, 5.41) is 12.5. The molecule has 3 N–H and O–H groups in total. The molecule has 8 nitrogen and oxygen atoms in total. The molecule has 0 saturated heterocycles. The second kappa shape index (κ2) is 9.50. The van der Waals surface area contributed by atoms with E-state index in [0.29, 0.717) is 12.3 Å². The van der Waals surface area contributed by atoms with Gasteiger partial charge in [-0.15, -0.1) is 0 Å². The summed E-state index contributed by atoms with van der Waals surface area (Å²) in [5.74, 6) is -1.53. The molecule has 0 aliphatic heterocycles. The average molecular weight is 448 g/mol. The Kier molecular flexibility index (Phi) is 6.76. The number of aromatic nitrogens is 3. The highest BCUT2D eigenvalue weighted by Crippen LogP contribution is 2.32. The highest BCUT2D eigenvalue weighted by Gasteiger charge is 2.33. The first-order valence-electron chi connectivity index (χ1n) is 9.43. The number of nitrogens with one attached hydrogen (secondary N) is 2. The van der Waals surface area contributed by atoms with Gasteiger partial charge >= 0.3 is 6.18 Å². The van der Waals surface area contributed by atoms with E-state index in [-0.39, 0.29) is 24.4 Å². The summed E-state index contributed by atoms with van der Waals surface area (Å²) < 4.78 is 44.7. The van der Waals surface area contributed by atoms with Gasteiger partial charge in [-0.25, -0.2) is 9.97 Å². The highest BCUT2D eigenvalue weighted by molar-refractivity contribution is 5.94. The minimum Gasteiger partial charge on any atom is -0.501 e. The Hall–Kier alpha value is -3.89. The third kappa shape index (κ3) is 5.42. The number of pyridine rings is 1. The molecule has 0 atom stereocenters. The maximum absolute atomic E-state index is 13.2. The summed E-state index contributed by atoms with van der Waals surface area (Å²) in [4.78, 5) is 34.6. The fourth-order valence-electron chi connectivity index (χ4n) is 3.01. The Morgan fingerprint density at radius 1 is 1.25 bits per heavy atom. The zero-order valence-corrected chi connectivity index (χ0v) is 16.9. The minimum absolute atomic E-state index is 0.133. The van der Waals surface area contributed by atoms with Crippen molar-refractivity contribution in [2.24, 2.45) is 0 Å². The van der Waals surface area contributed by atoms with Crippen molar-refractivity contribution in [3.05, 3.63) is 81.2 Å². The van der Waals surface area contributed by atoms with E-state index in [2.05, 4.69) is 20.3 Å². The van der Waals surface area contributed by atoms with Crippen LogP contribution >= 0.6 is 0 Å². The number of ether oxygens (including phenoxy) is 1. The molecule has 1 amide bonds. The largest absolute Gasteiger partial charge is 0.501 e. The van der Waals surface area contributed by atoms with Gasteiger partial charge in [-0.05, 0) is 29.7 Å². The number of rotatable bonds is 7. The lowest BCUT2D eigenvalue weighted by molar-refractivity contribution is -0.138. The van der Waals surface area contributed by atoms with Gasteiger partial charge in [0.15, 0.2) is 5.69 Å². The number of amides is 1. The Morgan fingerprint density at radius 3 is 2.72 bits per heavy atom.